The van der Waals surface area contributed by atoms with Gasteiger partial charge in [0, 0.05) is 30.8 Å². The summed E-state index contributed by atoms with van der Waals surface area (Å²) >= 11 is 0. The van der Waals surface area contributed by atoms with Gasteiger partial charge in [-0.25, -0.2) is 0 Å². The van der Waals surface area contributed by atoms with Crippen molar-refractivity contribution in [3.05, 3.63) is 29.3 Å². The molecule has 0 aromatic heterocycles. The molecular weight excluding hydrogens is 314 g/mol. The minimum absolute atomic E-state index is 0.149. The molecule has 1 N–H and O–H groups in total. The van der Waals surface area contributed by atoms with Crippen LogP contribution in [0.1, 0.15) is 49.7 Å². The number of methoxy groups -OCH3 is 1. The quantitative estimate of drug-likeness (QED) is 0.917. The van der Waals surface area contributed by atoms with Gasteiger partial charge < -0.3 is 9.84 Å². The Hall–Kier alpha value is -1.39. The van der Waals surface area contributed by atoms with E-state index in [2.05, 4.69) is 17.0 Å². The summed E-state index contributed by atoms with van der Waals surface area (Å²) in [4.78, 5) is 15.0. The molecule has 3 fully saturated rings. The number of benzene rings is 1. The first-order valence-electron chi connectivity index (χ1n) is 9.71. The lowest BCUT2D eigenvalue weighted by molar-refractivity contribution is -0.173. The van der Waals surface area contributed by atoms with E-state index >= 15 is 0 Å². The molecule has 4 heteroatoms. The molecule has 4 nitrogen and oxygen atoms in total. The van der Waals surface area contributed by atoms with Gasteiger partial charge in [0.15, 0.2) is 0 Å². The lowest BCUT2D eigenvalue weighted by Crippen LogP contribution is -2.73. The largest absolute Gasteiger partial charge is 0.497 e. The molecule has 0 spiro atoms. The predicted octanol–water partition coefficient (Wildman–Crippen LogP) is 2.46. The zero-order chi connectivity index (χ0) is 17.2. The number of rotatable bonds is 3. The minimum atomic E-state index is -0.784. The normalized spacial score (nSPS) is 37.4. The van der Waals surface area contributed by atoms with Gasteiger partial charge in [-0.3, -0.25) is 9.69 Å². The number of piperidine rings is 1. The summed E-state index contributed by atoms with van der Waals surface area (Å²) in [5.74, 6) is 1.95. The Morgan fingerprint density at radius 1 is 1.32 bits per heavy atom. The van der Waals surface area contributed by atoms with Crippen LogP contribution in [0.4, 0.5) is 0 Å². The number of nitrogens with zero attached hydrogens (tertiary/aromatic N) is 1. The average molecular weight is 341 g/mol. The molecule has 1 aromatic rings. The fourth-order valence-electron chi connectivity index (χ4n) is 5.86. The molecule has 2 bridgehead atoms. The maximum Gasteiger partial charge on any atom is 0.134 e. The van der Waals surface area contributed by atoms with Crippen LogP contribution >= 0.6 is 0 Å². The second kappa shape index (κ2) is 5.31. The number of likely N-dealkylation sites (tertiary alicyclic amines) is 1. The van der Waals surface area contributed by atoms with E-state index in [1.807, 2.05) is 6.07 Å². The number of carbonyl (C=O) groups is 1. The van der Waals surface area contributed by atoms with Gasteiger partial charge in [-0.2, -0.15) is 0 Å². The van der Waals surface area contributed by atoms with Gasteiger partial charge in [-0.05, 0) is 67.8 Å². The highest BCUT2D eigenvalue weighted by atomic mass is 16.5. The lowest BCUT2D eigenvalue weighted by atomic mass is 9.49. The zero-order valence-electron chi connectivity index (χ0n) is 15.0. The highest BCUT2D eigenvalue weighted by Gasteiger charge is 2.64. The number of carbonyl (C=O) groups excluding carboxylic acids is 1. The number of hydrogen-bond acceptors (Lipinski definition) is 4. The minimum Gasteiger partial charge on any atom is -0.497 e. The molecule has 1 aliphatic heterocycles. The maximum atomic E-state index is 12.4. The third kappa shape index (κ3) is 2.16. The molecule has 1 saturated heterocycles. The van der Waals surface area contributed by atoms with E-state index in [9.17, 15) is 9.90 Å². The van der Waals surface area contributed by atoms with E-state index < -0.39 is 11.0 Å². The van der Waals surface area contributed by atoms with Crippen LogP contribution in [0.2, 0.25) is 0 Å². The fourth-order valence-corrected chi connectivity index (χ4v) is 5.86. The fraction of sp³-hybridized carbons (Fsp3) is 0.667. The number of Topliss-reactive ketones (excluding diaryl/α,β-unsaturated/α-hetero) is 1. The van der Waals surface area contributed by atoms with E-state index in [1.54, 1.807) is 7.11 Å². The molecule has 134 valence electrons. The number of aliphatic hydroxyl groups is 1. The van der Waals surface area contributed by atoms with Crippen molar-refractivity contribution in [2.45, 2.75) is 62.0 Å². The first kappa shape index (κ1) is 15.8. The summed E-state index contributed by atoms with van der Waals surface area (Å²) in [7, 11) is 1.68. The van der Waals surface area contributed by atoms with Crippen molar-refractivity contribution < 1.29 is 14.6 Å². The molecule has 1 heterocycles. The van der Waals surface area contributed by atoms with Gasteiger partial charge in [-0.1, -0.05) is 6.07 Å². The van der Waals surface area contributed by atoms with Gasteiger partial charge in [-0.15, -0.1) is 0 Å². The Labute approximate surface area is 149 Å². The number of ether oxygens (including phenoxy) is 1. The Morgan fingerprint density at radius 3 is 2.92 bits per heavy atom. The predicted molar refractivity (Wildman–Crippen MR) is 94.9 cm³/mol. The molecule has 0 amide bonds. The Morgan fingerprint density at radius 2 is 2.16 bits per heavy atom. The van der Waals surface area contributed by atoms with Crippen LogP contribution in [0.5, 0.6) is 5.75 Å². The van der Waals surface area contributed by atoms with Crippen LogP contribution in [-0.2, 0) is 16.6 Å². The van der Waals surface area contributed by atoms with E-state index in [4.69, 9.17) is 4.74 Å². The average Bonchev–Trinajstić information content (AvgIpc) is 3.42. The van der Waals surface area contributed by atoms with Crippen molar-refractivity contribution in [3.63, 3.8) is 0 Å². The second-order valence-corrected chi connectivity index (χ2v) is 8.65. The Balaban J connectivity index is 1.64. The first-order valence-corrected chi connectivity index (χ1v) is 9.71. The third-order valence-corrected chi connectivity index (χ3v) is 7.37. The summed E-state index contributed by atoms with van der Waals surface area (Å²) in [6, 6.07) is 6.41. The third-order valence-electron chi connectivity index (χ3n) is 7.37. The Kier molecular flexibility index (Phi) is 3.36. The molecule has 3 aliphatic carbocycles. The second-order valence-electron chi connectivity index (χ2n) is 8.65. The van der Waals surface area contributed by atoms with Gasteiger partial charge >= 0.3 is 0 Å². The monoisotopic (exact) mass is 341 g/mol. The summed E-state index contributed by atoms with van der Waals surface area (Å²) in [6.45, 7) is 2.11. The molecule has 1 aromatic carbocycles. The highest BCUT2D eigenvalue weighted by molar-refractivity contribution is 5.82. The van der Waals surface area contributed by atoms with Crippen molar-refractivity contribution in [1.29, 1.82) is 0 Å². The molecule has 1 unspecified atom stereocenters. The van der Waals surface area contributed by atoms with Crippen molar-refractivity contribution in [3.8, 4) is 5.75 Å². The van der Waals surface area contributed by atoms with E-state index in [0.29, 0.717) is 25.0 Å². The van der Waals surface area contributed by atoms with Crippen molar-refractivity contribution >= 4 is 5.78 Å². The molecule has 3 atom stereocenters. The molecular formula is C21H27NO3. The van der Waals surface area contributed by atoms with Gasteiger partial charge in [0.2, 0.25) is 0 Å². The van der Waals surface area contributed by atoms with Crippen LogP contribution in [0.25, 0.3) is 0 Å². The maximum absolute atomic E-state index is 12.4. The van der Waals surface area contributed by atoms with Gasteiger partial charge in [0.1, 0.15) is 11.5 Å². The van der Waals surface area contributed by atoms with Crippen LogP contribution in [0.3, 0.4) is 0 Å². The SMILES string of the molecule is COc1ccc2c(c1)C13CCN(CC4CC4)[C@H](C2)[C@]1(O)CCC(=O)C3. The topological polar surface area (TPSA) is 49.8 Å². The zero-order valence-corrected chi connectivity index (χ0v) is 15.0. The van der Waals surface area contributed by atoms with Crippen molar-refractivity contribution in [2.75, 3.05) is 20.2 Å². The van der Waals surface area contributed by atoms with Crippen molar-refractivity contribution in [1.82, 2.24) is 4.90 Å². The molecule has 25 heavy (non-hydrogen) atoms. The number of ketones is 1. The van der Waals surface area contributed by atoms with Gasteiger partial charge in [0.05, 0.1) is 12.7 Å². The summed E-state index contributed by atoms with van der Waals surface area (Å²) in [5.41, 5.74) is 1.26. The smallest absolute Gasteiger partial charge is 0.134 e. The Bertz CT molecular complexity index is 728. The standard InChI is InChI=1S/C21H27NO3/c1-25-17-5-4-15-10-19-21(24)7-6-16(23)12-20(21,18(15)11-17)8-9-22(19)13-14-2-3-14/h4-5,11,14,19,24H,2-3,6-10,12-13H2,1H3/t19-,20?,21-/m1/s1. The van der Waals surface area contributed by atoms with Crippen LogP contribution in [-0.4, -0.2) is 47.6 Å². The number of hydrogen-bond donors (Lipinski definition) is 1. The molecule has 5 rings (SSSR count). The lowest BCUT2D eigenvalue weighted by Gasteiger charge is -2.63. The molecule has 0 radical (unpaired) electrons. The van der Waals surface area contributed by atoms with Crippen molar-refractivity contribution in [2.24, 2.45) is 5.92 Å². The van der Waals surface area contributed by atoms with E-state index in [-0.39, 0.29) is 6.04 Å². The van der Waals surface area contributed by atoms with Crippen LogP contribution in [0, 0.1) is 5.92 Å². The summed E-state index contributed by atoms with van der Waals surface area (Å²) in [6.07, 6.45) is 6.03. The summed E-state index contributed by atoms with van der Waals surface area (Å²) in [5, 5.41) is 12.0. The van der Waals surface area contributed by atoms with Crippen LogP contribution < -0.4 is 4.74 Å². The number of fused-ring (bicyclic) bond motifs is 1. The first-order chi connectivity index (χ1) is 12.1. The van der Waals surface area contributed by atoms with E-state index in [1.165, 1.54) is 24.0 Å². The van der Waals surface area contributed by atoms with Crippen LogP contribution in [0.15, 0.2) is 18.2 Å². The molecule has 4 aliphatic rings. The summed E-state index contributed by atoms with van der Waals surface area (Å²) < 4.78 is 5.46. The van der Waals surface area contributed by atoms with Gasteiger partial charge in [0.25, 0.3) is 0 Å². The molecule has 2 saturated carbocycles. The van der Waals surface area contributed by atoms with E-state index in [0.717, 1.165) is 37.6 Å². The highest BCUT2D eigenvalue weighted by Crippen LogP contribution is 2.58.